The Bertz CT molecular complexity index is 569. The maximum Gasteiger partial charge on any atom is 0.498 e. The van der Waals surface area contributed by atoms with Gasteiger partial charge in [-0.25, -0.2) is 0 Å². The van der Waals surface area contributed by atoms with Gasteiger partial charge in [0.15, 0.2) is 0 Å². The molecule has 1 saturated heterocycles. The molecule has 1 aromatic rings. The number of benzene rings is 1. The summed E-state index contributed by atoms with van der Waals surface area (Å²) in [7, 11) is 1.12. The first-order valence-electron chi connectivity index (χ1n) is 7.54. The number of nitrogens with two attached hydrogens (primary N) is 1. The van der Waals surface area contributed by atoms with Crippen molar-refractivity contribution in [3.8, 4) is 5.75 Å². The Morgan fingerprint density at radius 3 is 2.32 bits per heavy atom. The second-order valence-corrected chi connectivity index (χ2v) is 6.44. The van der Waals surface area contributed by atoms with Crippen LogP contribution < -0.4 is 15.9 Å². The molecule has 0 aromatic heterocycles. The molecule has 0 spiro atoms. The lowest BCUT2D eigenvalue weighted by Crippen LogP contribution is -2.41. The number of ether oxygens (including phenoxy) is 1. The monoisotopic (exact) mass is 304 g/mol. The van der Waals surface area contributed by atoms with Crippen molar-refractivity contribution in [3.05, 3.63) is 17.7 Å². The predicted molar refractivity (Wildman–Crippen MR) is 91.3 cm³/mol. The van der Waals surface area contributed by atoms with Crippen LogP contribution >= 0.6 is 0 Å². The second kappa shape index (κ2) is 5.93. The van der Waals surface area contributed by atoms with Crippen molar-refractivity contribution in [1.29, 1.82) is 0 Å². The van der Waals surface area contributed by atoms with E-state index in [9.17, 15) is 0 Å². The summed E-state index contributed by atoms with van der Waals surface area (Å²) in [5.41, 5.74) is 7.54. The molecule has 0 aliphatic carbocycles. The first kappa shape index (κ1) is 16.8. The molecule has 0 saturated carbocycles. The number of nitrogens with zero attached hydrogens (tertiary/aromatic N) is 1. The molecule has 1 fully saturated rings. The average molecular weight is 304 g/mol. The highest BCUT2D eigenvalue weighted by Gasteiger charge is 2.52. The van der Waals surface area contributed by atoms with E-state index in [1.165, 1.54) is 0 Å². The van der Waals surface area contributed by atoms with Gasteiger partial charge in [-0.2, -0.15) is 0 Å². The van der Waals surface area contributed by atoms with Gasteiger partial charge in [-0.05, 0) is 40.7 Å². The number of hydrogen-bond donors (Lipinski definition) is 1. The van der Waals surface area contributed by atoms with Crippen LogP contribution in [0.15, 0.2) is 17.1 Å². The molecule has 5 nitrogen and oxygen atoms in total. The summed E-state index contributed by atoms with van der Waals surface area (Å²) in [6, 6.07) is 3.72. The summed E-state index contributed by atoms with van der Waals surface area (Å²) in [4.78, 5) is 4.26. The summed E-state index contributed by atoms with van der Waals surface area (Å²) in [6.07, 6.45) is 1.77. The molecule has 2 rings (SSSR count). The van der Waals surface area contributed by atoms with Crippen LogP contribution in [0.2, 0.25) is 0 Å². The third-order valence-corrected chi connectivity index (χ3v) is 4.36. The fourth-order valence-electron chi connectivity index (χ4n) is 2.26. The van der Waals surface area contributed by atoms with Crippen molar-refractivity contribution in [1.82, 2.24) is 0 Å². The van der Waals surface area contributed by atoms with Crippen molar-refractivity contribution in [2.45, 2.75) is 45.8 Å². The molecule has 0 bridgehead atoms. The third-order valence-electron chi connectivity index (χ3n) is 4.36. The van der Waals surface area contributed by atoms with Gasteiger partial charge in [-0.3, -0.25) is 4.99 Å². The van der Waals surface area contributed by atoms with E-state index in [-0.39, 0.29) is 0 Å². The van der Waals surface area contributed by atoms with Gasteiger partial charge in [0, 0.05) is 35.5 Å². The fourth-order valence-corrected chi connectivity index (χ4v) is 2.26. The summed E-state index contributed by atoms with van der Waals surface area (Å²) in [6.45, 7) is 10.8. The Morgan fingerprint density at radius 1 is 1.23 bits per heavy atom. The van der Waals surface area contributed by atoms with Gasteiger partial charge in [-0.1, -0.05) is 0 Å². The van der Waals surface area contributed by atoms with Crippen LogP contribution in [0.25, 0.3) is 0 Å². The van der Waals surface area contributed by atoms with Crippen LogP contribution in [0.3, 0.4) is 0 Å². The van der Waals surface area contributed by atoms with Crippen molar-refractivity contribution in [2.24, 2.45) is 4.99 Å². The highest BCUT2D eigenvalue weighted by atomic mass is 16.7. The molecule has 1 heterocycles. The minimum Gasteiger partial charge on any atom is -0.497 e. The topological polar surface area (TPSA) is 66.1 Å². The summed E-state index contributed by atoms with van der Waals surface area (Å²) in [5, 5.41) is 0. The van der Waals surface area contributed by atoms with Crippen molar-refractivity contribution in [3.63, 3.8) is 0 Å². The molecule has 1 aliphatic rings. The third kappa shape index (κ3) is 2.98. The molecule has 6 heteroatoms. The molecule has 2 N–H and O–H groups in total. The normalized spacial score (nSPS) is 19.8. The van der Waals surface area contributed by atoms with Gasteiger partial charge in [0.05, 0.1) is 18.3 Å². The average Bonchev–Trinajstić information content (AvgIpc) is 2.65. The maximum absolute atomic E-state index is 6.10. The van der Waals surface area contributed by atoms with E-state index in [2.05, 4.69) is 4.99 Å². The minimum atomic E-state index is -0.491. The standard InChI is InChI=1S/C16H25BN2O3/c1-7-19-10-11-8-12(14(20-6)9-13(11)18)17-21-15(2,3)16(4,5)22-17/h8-10H,7,18H2,1-6H3. The molecule has 1 aromatic carbocycles. The van der Waals surface area contributed by atoms with Crippen LogP contribution in [0.1, 0.15) is 40.2 Å². The number of nitrogen functional groups attached to an aromatic ring is 1. The zero-order valence-corrected chi connectivity index (χ0v) is 14.3. The smallest absolute Gasteiger partial charge is 0.497 e. The number of hydrogen-bond acceptors (Lipinski definition) is 5. The lowest BCUT2D eigenvalue weighted by atomic mass is 9.77. The maximum atomic E-state index is 6.10. The Balaban J connectivity index is 2.44. The van der Waals surface area contributed by atoms with Gasteiger partial charge in [0.1, 0.15) is 5.75 Å². The second-order valence-electron chi connectivity index (χ2n) is 6.44. The van der Waals surface area contributed by atoms with Gasteiger partial charge in [0.25, 0.3) is 0 Å². The molecule has 0 radical (unpaired) electrons. The van der Waals surface area contributed by atoms with Gasteiger partial charge < -0.3 is 19.8 Å². The molecule has 0 amide bonds. The summed E-state index contributed by atoms with van der Waals surface area (Å²) in [5.74, 6) is 0.657. The van der Waals surface area contributed by atoms with Crippen LogP contribution in [-0.2, 0) is 9.31 Å². The molecule has 0 unspecified atom stereocenters. The van der Waals surface area contributed by atoms with Crippen LogP contribution in [0, 0.1) is 0 Å². The number of rotatable bonds is 4. The molecule has 120 valence electrons. The Labute approximate surface area is 133 Å². The Kier molecular flexibility index (Phi) is 4.54. The van der Waals surface area contributed by atoms with Crippen LogP contribution in [0.5, 0.6) is 5.75 Å². The largest absolute Gasteiger partial charge is 0.498 e. The fraction of sp³-hybridized carbons (Fsp3) is 0.562. The van der Waals surface area contributed by atoms with Crippen molar-refractivity contribution < 1.29 is 14.0 Å². The lowest BCUT2D eigenvalue weighted by Gasteiger charge is -2.32. The van der Waals surface area contributed by atoms with Gasteiger partial charge >= 0.3 is 7.12 Å². The Morgan fingerprint density at radius 2 is 1.82 bits per heavy atom. The molecule has 1 aliphatic heterocycles. The predicted octanol–water partition coefficient (Wildman–Crippen LogP) is 2.02. The first-order valence-corrected chi connectivity index (χ1v) is 7.54. The van der Waals surface area contributed by atoms with Gasteiger partial charge in [-0.15, -0.1) is 0 Å². The summed E-state index contributed by atoms with van der Waals surface area (Å²) >= 11 is 0. The quantitative estimate of drug-likeness (QED) is 0.525. The van der Waals surface area contributed by atoms with E-state index in [0.29, 0.717) is 18.0 Å². The van der Waals surface area contributed by atoms with E-state index in [1.54, 1.807) is 19.4 Å². The van der Waals surface area contributed by atoms with E-state index in [4.69, 9.17) is 19.8 Å². The first-order chi connectivity index (χ1) is 10.2. The number of aliphatic imine (C=N–C) groups is 1. The molecule has 22 heavy (non-hydrogen) atoms. The SMILES string of the molecule is CCN=Cc1cc(B2OC(C)(C)C(C)(C)O2)c(OC)cc1N. The zero-order valence-electron chi connectivity index (χ0n) is 14.3. The Hall–Kier alpha value is -1.53. The molecule has 0 atom stereocenters. The van der Waals surface area contributed by atoms with Crippen molar-refractivity contribution >= 4 is 24.5 Å². The molecular formula is C16H25BN2O3. The summed E-state index contributed by atoms with van der Waals surface area (Å²) < 4.78 is 17.7. The van der Waals surface area contributed by atoms with E-state index in [1.807, 2.05) is 40.7 Å². The number of anilines is 1. The van der Waals surface area contributed by atoms with E-state index in [0.717, 1.165) is 11.0 Å². The zero-order chi connectivity index (χ0) is 16.5. The highest BCUT2D eigenvalue weighted by Crippen LogP contribution is 2.37. The van der Waals surface area contributed by atoms with E-state index >= 15 is 0 Å². The van der Waals surface area contributed by atoms with Crippen LogP contribution in [0.4, 0.5) is 5.69 Å². The minimum absolute atomic E-state index is 0.401. The van der Waals surface area contributed by atoms with E-state index < -0.39 is 18.3 Å². The molecular weight excluding hydrogens is 279 g/mol. The van der Waals surface area contributed by atoms with Crippen LogP contribution in [-0.4, -0.2) is 38.2 Å². The lowest BCUT2D eigenvalue weighted by molar-refractivity contribution is 0.00578. The van der Waals surface area contributed by atoms with Gasteiger partial charge in [0.2, 0.25) is 0 Å². The highest BCUT2D eigenvalue weighted by molar-refractivity contribution is 6.63. The number of methoxy groups -OCH3 is 1. The van der Waals surface area contributed by atoms with Crippen molar-refractivity contribution in [2.75, 3.05) is 19.4 Å².